The Labute approximate surface area is 96.0 Å². The molecule has 1 rings (SSSR count). The van der Waals surface area contributed by atoms with Gasteiger partial charge in [0.05, 0.1) is 11.8 Å². The summed E-state index contributed by atoms with van der Waals surface area (Å²) < 4.78 is 1.82. The van der Waals surface area contributed by atoms with Crippen LogP contribution in [0.4, 0.5) is 0 Å². The number of hydrogen-bond donors (Lipinski definition) is 2. The first-order valence-electron chi connectivity index (χ1n) is 5.59. The summed E-state index contributed by atoms with van der Waals surface area (Å²) in [5, 5.41) is 7.03. The molecule has 5 heteroatoms. The van der Waals surface area contributed by atoms with Crippen molar-refractivity contribution in [2.24, 2.45) is 5.73 Å². The average molecular weight is 224 g/mol. The number of nitrogens with one attached hydrogen (secondary N) is 1. The van der Waals surface area contributed by atoms with E-state index in [4.69, 9.17) is 5.73 Å². The molecule has 1 aromatic rings. The van der Waals surface area contributed by atoms with Crippen LogP contribution in [0, 0.1) is 6.92 Å². The van der Waals surface area contributed by atoms with Gasteiger partial charge >= 0.3 is 0 Å². The molecule has 0 bridgehead atoms. The van der Waals surface area contributed by atoms with E-state index < -0.39 is 0 Å². The van der Waals surface area contributed by atoms with Gasteiger partial charge in [-0.15, -0.1) is 0 Å². The maximum absolute atomic E-state index is 11.8. The Morgan fingerprint density at radius 2 is 2.31 bits per heavy atom. The molecule has 0 saturated heterocycles. The third kappa shape index (κ3) is 3.06. The molecule has 90 valence electrons. The van der Waals surface area contributed by atoms with Crippen LogP contribution in [0.3, 0.4) is 0 Å². The summed E-state index contributed by atoms with van der Waals surface area (Å²) in [6, 6.07) is 0.138. The van der Waals surface area contributed by atoms with Crippen LogP contribution in [0.25, 0.3) is 0 Å². The number of aromatic nitrogens is 2. The molecule has 0 saturated carbocycles. The second-order valence-electron chi connectivity index (χ2n) is 4.14. The highest BCUT2D eigenvalue weighted by Gasteiger charge is 2.14. The first kappa shape index (κ1) is 12.7. The van der Waals surface area contributed by atoms with E-state index in [2.05, 4.69) is 10.4 Å². The number of rotatable bonds is 5. The van der Waals surface area contributed by atoms with Gasteiger partial charge in [-0.3, -0.25) is 9.48 Å². The summed E-state index contributed by atoms with van der Waals surface area (Å²) in [5.41, 5.74) is 6.98. The summed E-state index contributed by atoms with van der Waals surface area (Å²) in [6.45, 7) is 7.17. The van der Waals surface area contributed by atoms with E-state index in [-0.39, 0.29) is 11.9 Å². The topological polar surface area (TPSA) is 72.9 Å². The molecule has 5 nitrogen and oxygen atoms in total. The molecule has 0 unspecified atom stereocenters. The predicted octanol–water partition coefficient (Wildman–Crippen LogP) is 0.679. The number of nitrogens with zero attached hydrogens (tertiary/aromatic N) is 2. The zero-order valence-electron chi connectivity index (χ0n) is 10.2. The number of hydrogen-bond acceptors (Lipinski definition) is 3. The average Bonchev–Trinajstić information content (AvgIpc) is 2.56. The van der Waals surface area contributed by atoms with Gasteiger partial charge in [-0.2, -0.15) is 5.10 Å². The monoisotopic (exact) mass is 224 g/mol. The summed E-state index contributed by atoms with van der Waals surface area (Å²) in [5.74, 6) is -0.0634. The number of nitrogens with two attached hydrogens (primary N) is 1. The molecule has 0 spiro atoms. The SMILES string of the molecule is Cc1c(C(=O)NC(C)C)cnn1CCCN. The second kappa shape index (κ2) is 5.65. The summed E-state index contributed by atoms with van der Waals surface area (Å²) >= 11 is 0. The van der Waals surface area contributed by atoms with Crippen LogP contribution in [0.5, 0.6) is 0 Å². The van der Waals surface area contributed by atoms with Gasteiger partial charge in [0.15, 0.2) is 0 Å². The maximum atomic E-state index is 11.8. The van der Waals surface area contributed by atoms with E-state index in [0.29, 0.717) is 12.1 Å². The van der Waals surface area contributed by atoms with E-state index in [1.54, 1.807) is 6.20 Å². The smallest absolute Gasteiger partial charge is 0.254 e. The Morgan fingerprint density at radius 1 is 1.62 bits per heavy atom. The van der Waals surface area contributed by atoms with Crippen molar-refractivity contribution in [3.05, 3.63) is 17.5 Å². The van der Waals surface area contributed by atoms with Crippen LogP contribution in [-0.4, -0.2) is 28.3 Å². The van der Waals surface area contributed by atoms with Crippen molar-refractivity contribution in [2.45, 2.75) is 39.8 Å². The molecule has 3 N–H and O–H groups in total. The van der Waals surface area contributed by atoms with Gasteiger partial charge in [-0.05, 0) is 33.7 Å². The fraction of sp³-hybridized carbons (Fsp3) is 0.636. The lowest BCUT2D eigenvalue weighted by Gasteiger charge is -2.08. The normalized spacial score (nSPS) is 10.8. The Hall–Kier alpha value is -1.36. The molecule has 0 aliphatic heterocycles. The molecule has 1 aromatic heterocycles. The molecule has 0 fully saturated rings. The van der Waals surface area contributed by atoms with Gasteiger partial charge in [0.1, 0.15) is 0 Å². The number of carbonyl (C=O) groups excluding carboxylic acids is 1. The Kier molecular flexibility index (Phi) is 4.49. The van der Waals surface area contributed by atoms with Crippen molar-refractivity contribution in [1.82, 2.24) is 15.1 Å². The molecular formula is C11H20N4O. The summed E-state index contributed by atoms with van der Waals surface area (Å²) in [4.78, 5) is 11.8. The highest BCUT2D eigenvalue weighted by atomic mass is 16.1. The molecule has 0 aromatic carbocycles. The van der Waals surface area contributed by atoms with Gasteiger partial charge in [-0.25, -0.2) is 0 Å². The van der Waals surface area contributed by atoms with E-state index in [1.807, 2.05) is 25.5 Å². The standard InChI is InChI=1S/C11H20N4O/c1-8(2)14-11(16)10-7-13-15(9(10)3)6-4-5-12/h7-8H,4-6,12H2,1-3H3,(H,14,16). The van der Waals surface area contributed by atoms with Gasteiger partial charge < -0.3 is 11.1 Å². The van der Waals surface area contributed by atoms with Crippen LogP contribution in [0.2, 0.25) is 0 Å². The zero-order chi connectivity index (χ0) is 12.1. The van der Waals surface area contributed by atoms with E-state index in [9.17, 15) is 4.79 Å². The van der Waals surface area contributed by atoms with Crippen molar-refractivity contribution < 1.29 is 4.79 Å². The number of carbonyl (C=O) groups is 1. The zero-order valence-corrected chi connectivity index (χ0v) is 10.2. The minimum absolute atomic E-state index is 0.0634. The van der Waals surface area contributed by atoms with Crippen molar-refractivity contribution >= 4 is 5.91 Å². The van der Waals surface area contributed by atoms with Crippen molar-refractivity contribution in [3.8, 4) is 0 Å². The van der Waals surface area contributed by atoms with Crippen molar-refractivity contribution in [3.63, 3.8) is 0 Å². The van der Waals surface area contributed by atoms with Crippen LogP contribution in [-0.2, 0) is 6.54 Å². The quantitative estimate of drug-likeness (QED) is 0.772. The minimum Gasteiger partial charge on any atom is -0.350 e. The van der Waals surface area contributed by atoms with Crippen molar-refractivity contribution in [2.75, 3.05) is 6.54 Å². The van der Waals surface area contributed by atoms with Gasteiger partial charge in [0, 0.05) is 18.3 Å². The van der Waals surface area contributed by atoms with E-state index >= 15 is 0 Å². The van der Waals surface area contributed by atoms with E-state index in [1.165, 1.54) is 0 Å². The highest BCUT2D eigenvalue weighted by molar-refractivity contribution is 5.95. The molecule has 0 atom stereocenters. The molecule has 16 heavy (non-hydrogen) atoms. The minimum atomic E-state index is -0.0634. The van der Waals surface area contributed by atoms with Crippen LogP contribution in [0.15, 0.2) is 6.20 Å². The lowest BCUT2D eigenvalue weighted by Crippen LogP contribution is -2.30. The highest BCUT2D eigenvalue weighted by Crippen LogP contribution is 2.07. The molecule has 0 radical (unpaired) electrons. The number of aryl methyl sites for hydroxylation is 1. The fourth-order valence-corrected chi connectivity index (χ4v) is 1.48. The second-order valence-corrected chi connectivity index (χ2v) is 4.14. The summed E-state index contributed by atoms with van der Waals surface area (Å²) in [7, 11) is 0. The molecular weight excluding hydrogens is 204 g/mol. The van der Waals surface area contributed by atoms with Gasteiger partial charge in [0.2, 0.25) is 0 Å². The van der Waals surface area contributed by atoms with E-state index in [0.717, 1.165) is 18.7 Å². The molecule has 0 aliphatic rings. The fourth-order valence-electron chi connectivity index (χ4n) is 1.48. The third-order valence-corrected chi connectivity index (χ3v) is 2.34. The van der Waals surface area contributed by atoms with Gasteiger partial charge in [-0.1, -0.05) is 0 Å². The first-order valence-corrected chi connectivity index (χ1v) is 5.59. The first-order chi connectivity index (χ1) is 7.56. The third-order valence-electron chi connectivity index (χ3n) is 2.34. The van der Waals surface area contributed by atoms with Crippen LogP contribution in [0.1, 0.15) is 36.3 Å². The molecule has 1 amide bonds. The largest absolute Gasteiger partial charge is 0.350 e. The van der Waals surface area contributed by atoms with Crippen LogP contribution >= 0.6 is 0 Å². The van der Waals surface area contributed by atoms with Crippen molar-refractivity contribution in [1.29, 1.82) is 0 Å². The Balaban J connectivity index is 2.74. The van der Waals surface area contributed by atoms with Crippen LogP contribution < -0.4 is 11.1 Å². The lowest BCUT2D eigenvalue weighted by molar-refractivity contribution is 0.0942. The Bertz CT molecular complexity index is 357. The Morgan fingerprint density at radius 3 is 2.88 bits per heavy atom. The summed E-state index contributed by atoms with van der Waals surface area (Å²) in [6.07, 6.45) is 2.48. The lowest BCUT2D eigenvalue weighted by atomic mass is 10.2. The van der Waals surface area contributed by atoms with Gasteiger partial charge in [0.25, 0.3) is 5.91 Å². The molecule has 0 aliphatic carbocycles. The number of amides is 1. The predicted molar refractivity (Wildman–Crippen MR) is 63.2 cm³/mol. The molecule has 1 heterocycles. The maximum Gasteiger partial charge on any atom is 0.254 e.